The molecule has 0 radical (unpaired) electrons. The van der Waals surface area contributed by atoms with Gasteiger partial charge in [0.05, 0.1) is 26.6 Å². The average Bonchev–Trinajstić information content (AvgIpc) is 2.93. The quantitative estimate of drug-likeness (QED) is 0.723. The molecule has 26 heavy (non-hydrogen) atoms. The number of anilines is 1. The summed E-state index contributed by atoms with van der Waals surface area (Å²) in [5, 5.41) is 2.97. The number of benzene rings is 2. The Morgan fingerprint density at radius 3 is 2.65 bits per heavy atom. The van der Waals surface area contributed by atoms with Gasteiger partial charge in [0.1, 0.15) is 12.4 Å². The highest BCUT2D eigenvalue weighted by Crippen LogP contribution is 2.25. The molecule has 8 heteroatoms. The second-order valence-electron chi connectivity index (χ2n) is 5.92. The van der Waals surface area contributed by atoms with Crippen molar-refractivity contribution < 1.29 is 13.2 Å². The first-order chi connectivity index (χ1) is 12.3. The number of halogens is 1. The third kappa shape index (κ3) is 3.73. The lowest BCUT2D eigenvalue weighted by atomic mass is 10.3. The van der Waals surface area contributed by atoms with Crippen LogP contribution in [-0.2, 0) is 27.6 Å². The number of carbonyl (C=O) groups is 1. The van der Waals surface area contributed by atoms with Gasteiger partial charge < -0.3 is 9.88 Å². The van der Waals surface area contributed by atoms with Gasteiger partial charge in [-0.15, -0.1) is 0 Å². The molecule has 0 aliphatic carbocycles. The minimum Gasteiger partial charge on any atom is -0.323 e. The number of carbonyl (C=O) groups excluding carboxylic acids is 1. The van der Waals surface area contributed by atoms with E-state index in [1.807, 2.05) is 35.8 Å². The van der Waals surface area contributed by atoms with E-state index in [9.17, 15) is 13.2 Å². The zero-order chi connectivity index (χ0) is 18.9. The number of nitrogens with one attached hydrogen (secondary N) is 1. The maximum Gasteiger partial charge on any atom is 0.244 e. The van der Waals surface area contributed by atoms with Crippen molar-refractivity contribution in [2.24, 2.45) is 0 Å². The highest BCUT2D eigenvalue weighted by Gasteiger charge is 2.15. The van der Waals surface area contributed by atoms with Crippen LogP contribution in [0.4, 0.5) is 5.69 Å². The fraction of sp³-hybridized carbons (Fsp3) is 0.222. The summed E-state index contributed by atoms with van der Waals surface area (Å²) in [6, 6.07) is 11.8. The number of hydrogen-bond acceptors (Lipinski definition) is 4. The maximum atomic E-state index is 12.5. The predicted molar refractivity (Wildman–Crippen MR) is 102 cm³/mol. The van der Waals surface area contributed by atoms with E-state index in [0.29, 0.717) is 6.42 Å². The molecule has 0 spiro atoms. The van der Waals surface area contributed by atoms with E-state index in [1.165, 1.54) is 18.2 Å². The number of aromatic nitrogens is 2. The molecule has 0 saturated carbocycles. The number of aryl methyl sites for hydroxylation is 1. The number of amides is 1. The number of imidazole rings is 1. The minimum absolute atomic E-state index is 0.0586. The van der Waals surface area contributed by atoms with Gasteiger partial charge in [-0.25, -0.2) is 13.4 Å². The lowest BCUT2D eigenvalue weighted by molar-refractivity contribution is -0.116. The van der Waals surface area contributed by atoms with Crippen molar-refractivity contribution in [3.8, 4) is 0 Å². The van der Waals surface area contributed by atoms with E-state index in [2.05, 4.69) is 10.3 Å². The van der Waals surface area contributed by atoms with Crippen molar-refractivity contribution in [1.29, 1.82) is 0 Å². The Kier molecular flexibility index (Phi) is 5.02. The molecule has 3 rings (SSSR count). The van der Waals surface area contributed by atoms with Crippen molar-refractivity contribution in [3.05, 3.63) is 53.3 Å². The van der Waals surface area contributed by atoms with E-state index in [4.69, 9.17) is 11.6 Å². The summed E-state index contributed by atoms with van der Waals surface area (Å²) in [6.07, 6.45) is 1.79. The van der Waals surface area contributed by atoms with Crippen LogP contribution in [0.2, 0.25) is 5.02 Å². The average molecular weight is 392 g/mol. The van der Waals surface area contributed by atoms with Gasteiger partial charge in [0, 0.05) is 12.7 Å². The van der Waals surface area contributed by atoms with Crippen LogP contribution in [0, 0.1) is 0 Å². The van der Waals surface area contributed by atoms with Crippen LogP contribution in [0.3, 0.4) is 0 Å². The number of para-hydroxylation sites is 2. The van der Waals surface area contributed by atoms with Crippen LogP contribution in [0.15, 0.2) is 47.4 Å². The number of nitrogens with zero attached hydrogens (tertiary/aromatic N) is 2. The fourth-order valence-corrected chi connectivity index (χ4v) is 3.55. The Balaban J connectivity index is 1.89. The monoisotopic (exact) mass is 391 g/mol. The molecule has 1 amide bonds. The van der Waals surface area contributed by atoms with Gasteiger partial charge in [-0.3, -0.25) is 4.79 Å². The Labute approximate surface area is 156 Å². The van der Waals surface area contributed by atoms with Crippen LogP contribution in [-0.4, -0.2) is 30.1 Å². The molecule has 0 bridgehead atoms. The Bertz CT molecular complexity index is 1090. The summed E-state index contributed by atoms with van der Waals surface area (Å²) >= 11 is 6.10. The lowest BCUT2D eigenvalue weighted by Gasteiger charge is -2.11. The minimum atomic E-state index is -3.39. The second-order valence-corrected chi connectivity index (χ2v) is 8.34. The number of rotatable bonds is 5. The van der Waals surface area contributed by atoms with Crippen molar-refractivity contribution >= 4 is 44.1 Å². The topological polar surface area (TPSA) is 81.1 Å². The van der Waals surface area contributed by atoms with Crippen LogP contribution < -0.4 is 5.32 Å². The van der Waals surface area contributed by atoms with Crippen LogP contribution in [0.25, 0.3) is 11.0 Å². The fourth-order valence-electron chi connectivity index (χ4n) is 2.74. The molecule has 3 aromatic rings. The predicted octanol–water partition coefficient (Wildman–Crippen LogP) is 3.29. The second kappa shape index (κ2) is 7.09. The third-order valence-corrected chi connectivity index (χ3v) is 5.43. The lowest BCUT2D eigenvalue weighted by Crippen LogP contribution is -2.20. The van der Waals surface area contributed by atoms with Gasteiger partial charge in [0.15, 0.2) is 9.84 Å². The van der Waals surface area contributed by atoms with Crippen molar-refractivity contribution in [2.45, 2.75) is 24.8 Å². The summed E-state index contributed by atoms with van der Waals surface area (Å²) < 4.78 is 25.2. The molecule has 1 N–H and O–H groups in total. The van der Waals surface area contributed by atoms with Gasteiger partial charge in [0.2, 0.25) is 5.91 Å². The smallest absolute Gasteiger partial charge is 0.244 e. The molecule has 0 atom stereocenters. The normalized spacial score (nSPS) is 11.7. The van der Waals surface area contributed by atoms with E-state index >= 15 is 0 Å². The van der Waals surface area contributed by atoms with Gasteiger partial charge >= 0.3 is 0 Å². The van der Waals surface area contributed by atoms with Crippen molar-refractivity contribution in [2.75, 3.05) is 11.6 Å². The Morgan fingerprint density at radius 2 is 1.96 bits per heavy atom. The molecular formula is C18H18ClN3O3S. The molecule has 0 aliphatic heterocycles. The SMILES string of the molecule is CCc1nc2ccccc2n1CC(=O)Nc1cc(S(C)(=O)=O)ccc1Cl. The largest absolute Gasteiger partial charge is 0.323 e. The van der Waals surface area contributed by atoms with Crippen LogP contribution in [0.5, 0.6) is 0 Å². The molecule has 6 nitrogen and oxygen atoms in total. The van der Waals surface area contributed by atoms with Gasteiger partial charge in [-0.2, -0.15) is 0 Å². The van der Waals surface area contributed by atoms with E-state index in [1.54, 1.807) is 0 Å². The summed E-state index contributed by atoms with van der Waals surface area (Å²) in [6.45, 7) is 2.03. The summed E-state index contributed by atoms with van der Waals surface area (Å²) in [5.41, 5.74) is 1.96. The molecular weight excluding hydrogens is 374 g/mol. The number of fused-ring (bicyclic) bond motifs is 1. The zero-order valence-corrected chi connectivity index (χ0v) is 15.9. The van der Waals surface area contributed by atoms with E-state index < -0.39 is 9.84 Å². The highest BCUT2D eigenvalue weighted by atomic mass is 35.5. The summed E-state index contributed by atoms with van der Waals surface area (Å²) in [7, 11) is -3.39. The molecule has 0 fully saturated rings. The third-order valence-electron chi connectivity index (χ3n) is 3.99. The molecule has 0 saturated heterocycles. The molecule has 0 unspecified atom stereocenters. The number of sulfone groups is 1. The molecule has 1 heterocycles. The molecule has 136 valence electrons. The van der Waals surface area contributed by atoms with Crippen molar-refractivity contribution in [1.82, 2.24) is 9.55 Å². The zero-order valence-electron chi connectivity index (χ0n) is 14.4. The first-order valence-electron chi connectivity index (χ1n) is 8.03. The van der Waals surface area contributed by atoms with Crippen LogP contribution in [0.1, 0.15) is 12.7 Å². The van der Waals surface area contributed by atoms with E-state index in [-0.39, 0.29) is 28.1 Å². The first-order valence-corrected chi connectivity index (χ1v) is 10.3. The standard InChI is InChI=1S/C18H18ClN3O3S/c1-3-17-20-14-6-4-5-7-16(14)22(17)11-18(23)21-15-10-12(26(2,24)25)8-9-13(15)19/h4-10H,3,11H2,1-2H3,(H,21,23). The Hall–Kier alpha value is -2.38. The highest BCUT2D eigenvalue weighted by molar-refractivity contribution is 7.90. The van der Waals surface area contributed by atoms with Crippen LogP contribution >= 0.6 is 11.6 Å². The summed E-state index contributed by atoms with van der Waals surface area (Å²) in [5.74, 6) is 0.493. The van der Waals surface area contributed by atoms with E-state index in [0.717, 1.165) is 23.1 Å². The first kappa shape index (κ1) is 18.4. The van der Waals surface area contributed by atoms with Gasteiger partial charge in [-0.1, -0.05) is 30.7 Å². The number of hydrogen-bond donors (Lipinski definition) is 1. The Morgan fingerprint density at radius 1 is 1.23 bits per heavy atom. The molecule has 0 aliphatic rings. The van der Waals surface area contributed by atoms with Gasteiger partial charge in [-0.05, 0) is 30.3 Å². The molecule has 1 aromatic heterocycles. The summed E-state index contributed by atoms with van der Waals surface area (Å²) in [4.78, 5) is 17.2. The molecule has 2 aromatic carbocycles. The maximum absolute atomic E-state index is 12.5. The van der Waals surface area contributed by atoms with Gasteiger partial charge in [0.25, 0.3) is 0 Å². The van der Waals surface area contributed by atoms with Crippen molar-refractivity contribution in [3.63, 3.8) is 0 Å².